The average molecular weight is 270 g/mol. The van der Waals surface area contributed by atoms with Gasteiger partial charge in [0, 0.05) is 23.5 Å². The molecule has 20 heavy (non-hydrogen) atoms. The molecular formula is C16H22N4. The van der Waals surface area contributed by atoms with Crippen molar-refractivity contribution in [3.8, 4) is 0 Å². The lowest BCUT2D eigenvalue weighted by molar-refractivity contribution is 0.871. The lowest BCUT2D eigenvalue weighted by atomic mass is 10.1. The maximum Gasteiger partial charge on any atom is 0.225 e. The minimum Gasteiger partial charge on any atom is -0.352 e. The zero-order chi connectivity index (χ0) is 14.7. The smallest absolute Gasteiger partial charge is 0.225 e. The summed E-state index contributed by atoms with van der Waals surface area (Å²) in [6, 6.07) is 8.52. The molecule has 2 aromatic rings. The second-order valence-corrected chi connectivity index (χ2v) is 5.41. The predicted octanol–water partition coefficient (Wildman–Crippen LogP) is 3.97. The summed E-state index contributed by atoms with van der Waals surface area (Å²) in [6.07, 6.45) is 0. The number of hydrogen-bond acceptors (Lipinski definition) is 4. The average Bonchev–Trinajstić information content (AvgIpc) is 2.32. The first-order valence-electron chi connectivity index (χ1n) is 6.91. The SMILES string of the molecule is Cc1cc(Nc2c(C)cccc2C)nc(NC(C)C)n1. The van der Waals surface area contributed by atoms with Gasteiger partial charge < -0.3 is 10.6 Å². The van der Waals surface area contributed by atoms with E-state index < -0.39 is 0 Å². The first kappa shape index (κ1) is 14.3. The third-order valence-electron chi connectivity index (χ3n) is 3.01. The Balaban J connectivity index is 2.31. The number of aryl methyl sites for hydroxylation is 3. The van der Waals surface area contributed by atoms with Crippen LogP contribution in [0.5, 0.6) is 0 Å². The molecule has 0 fully saturated rings. The Morgan fingerprint density at radius 2 is 1.65 bits per heavy atom. The molecule has 106 valence electrons. The molecule has 4 heteroatoms. The van der Waals surface area contributed by atoms with Crippen molar-refractivity contribution in [2.24, 2.45) is 0 Å². The van der Waals surface area contributed by atoms with E-state index in [1.54, 1.807) is 0 Å². The predicted molar refractivity (Wildman–Crippen MR) is 84.7 cm³/mol. The molecule has 1 aromatic carbocycles. The van der Waals surface area contributed by atoms with Gasteiger partial charge in [0.1, 0.15) is 5.82 Å². The second-order valence-electron chi connectivity index (χ2n) is 5.41. The topological polar surface area (TPSA) is 49.8 Å². The van der Waals surface area contributed by atoms with Crippen LogP contribution in [0.4, 0.5) is 17.5 Å². The zero-order valence-corrected chi connectivity index (χ0v) is 12.8. The van der Waals surface area contributed by atoms with E-state index in [1.165, 1.54) is 11.1 Å². The highest BCUT2D eigenvalue weighted by molar-refractivity contribution is 5.65. The standard InChI is InChI=1S/C16H22N4/c1-10(2)17-16-18-13(5)9-14(20-16)19-15-11(3)7-6-8-12(15)4/h6-10H,1-5H3,(H2,17,18,19,20). The summed E-state index contributed by atoms with van der Waals surface area (Å²) in [4.78, 5) is 8.92. The summed E-state index contributed by atoms with van der Waals surface area (Å²) in [5.41, 5.74) is 4.47. The second kappa shape index (κ2) is 5.90. The normalized spacial score (nSPS) is 10.7. The molecule has 0 aliphatic heterocycles. The van der Waals surface area contributed by atoms with Crippen LogP contribution in [0, 0.1) is 20.8 Å². The third kappa shape index (κ3) is 3.47. The molecule has 0 amide bonds. The molecule has 1 aromatic heterocycles. The molecule has 0 radical (unpaired) electrons. The van der Waals surface area contributed by atoms with Crippen LogP contribution in [-0.2, 0) is 0 Å². The van der Waals surface area contributed by atoms with Gasteiger partial charge in [-0.15, -0.1) is 0 Å². The maximum atomic E-state index is 4.52. The summed E-state index contributed by atoms with van der Waals surface area (Å²) in [6.45, 7) is 10.3. The number of aromatic nitrogens is 2. The molecule has 4 nitrogen and oxygen atoms in total. The highest BCUT2D eigenvalue weighted by atomic mass is 15.2. The van der Waals surface area contributed by atoms with E-state index in [-0.39, 0.29) is 0 Å². The van der Waals surface area contributed by atoms with Crippen molar-refractivity contribution in [1.29, 1.82) is 0 Å². The van der Waals surface area contributed by atoms with Gasteiger partial charge in [0.05, 0.1) is 0 Å². The Labute approximate surface area is 120 Å². The van der Waals surface area contributed by atoms with Crippen LogP contribution in [0.1, 0.15) is 30.7 Å². The van der Waals surface area contributed by atoms with Crippen LogP contribution in [0.15, 0.2) is 24.3 Å². The Morgan fingerprint density at radius 3 is 2.25 bits per heavy atom. The van der Waals surface area contributed by atoms with Gasteiger partial charge in [0.25, 0.3) is 0 Å². The van der Waals surface area contributed by atoms with E-state index in [1.807, 2.05) is 13.0 Å². The Hall–Kier alpha value is -2.10. The minimum atomic E-state index is 0.310. The number of nitrogens with one attached hydrogen (secondary N) is 2. The zero-order valence-electron chi connectivity index (χ0n) is 12.8. The van der Waals surface area contributed by atoms with Crippen molar-refractivity contribution < 1.29 is 0 Å². The molecule has 0 saturated carbocycles. The fourth-order valence-corrected chi connectivity index (χ4v) is 2.10. The quantitative estimate of drug-likeness (QED) is 0.882. The summed E-state index contributed by atoms with van der Waals surface area (Å²) < 4.78 is 0. The highest BCUT2D eigenvalue weighted by Crippen LogP contribution is 2.24. The lowest BCUT2D eigenvalue weighted by Gasteiger charge is -2.14. The van der Waals surface area contributed by atoms with Crippen LogP contribution in [0.3, 0.4) is 0 Å². The van der Waals surface area contributed by atoms with Gasteiger partial charge in [0.15, 0.2) is 0 Å². The van der Waals surface area contributed by atoms with E-state index in [0.29, 0.717) is 12.0 Å². The summed E-state index contributed by atoms with van der Waals surface area (Å²) in [5.74, 6) is 1.48. The fourth-order valence-electron chi connectivity index (χ4n) is 2.10. The molecular weight excluding hydrogens is 248 g/mol. The van der Waals surface area contributed by atoms with Crippen LogP contribution in [-0.4, -0.2) is 16.0 Å². The lowest BCUT2D eigenvalue weighted by Crippen LogP contribution is -2.13. The van der Waals surface area contributed by atoms with Gasteiger partial charge in [-0.3, -0.25) is 0 Å². The molecule has 0 atom stereocenters. The van der Waals surface area contributed by atoms with E-state index in [0.717, 1.165) is 17.2 Å². The largest absolute Gasteiger partial charge is 0.352 e. The van der Waals surface area contributed by atoms with E-state index in [9.17, 15) is 0 Å². The molecule has 2 N–H and O–H groups in total. The Morgan fingerprint density at radius 1 is 1.00 bits per heavy atom. The number of anilines is 3. The monoisotopic (exact) mass is 270 g/mol. The third-order valence-corrected chi connectivity index (χ3v) is 3.01. The van der Waals surface area contributed by atoms with Gasteiger partial charge in [-0.1, -0.05) is 18.2 Å². The molecule has 1 heterocycles. The van der Waals surface area contributed by atoms with E-state index in [2.05, 4.69) is 66.5 Å². The number of para-hydroxylation sites is 1. The maximum absolute atomic E-state index is 4.52. The molecule has 0 saturated heterocycles. The van der Waals surface area contributed by atoms with Crippen molar-refractivity contribution >= 4 is 17.5 Å². The first-order chi connectivity index (χ1) is 9.45. The van der Waals surface area contributed by atoms with Crippen molar-refractivity contribution in [3.05, 3.63) is 41.1 Å². The Bertz CT molecular complexity index is 585. The van der Waals surface area contributed by atoms with Crippen molar-refractivity contribution in [3.63, 3.8) is 0 Å². The summed E-state index contributed by atoms with van der Waals surface area (Å²) in [5, 5.41) is 6.64. The number of nitrogens with zero attached hydrogens (tertiary/aromatic N) is 2. The molecule has 0 spiro atoms. The number of hydrogen-bond donors (Lipinski definition) is 2. The Kier molecular flexibility index (Phi) is 4.23. The summed E-state index contributed by atoms with van der Waals surface area (Å²) >= 11 is 0. The van der Waals surface area contributed by atoms with Gasteiger partial charge in [-0.05, 0) is 45.7 Å². The molecule has 0 aliphatic rings. The molecule has 2 rings (SSSR count). The fraction of sp³-hybridized carbons (Fsp3) is 0.375. The van der Waals surface area contributed by atoms with Gasteiger partial charge in [-0.2, -0.15) is 4.98 Å². The van der Waals surface area contributed by atoms with Crippen molar-refractivity contribution in [1.82, 2.24) is 9.97 Å². The van der Waals surface area contributed by atoms with Crippen LogP contribution in [0.2, 0.25) is 0 Å². The van der Waals surface area contributed by atoms with Gasteiger partial charge in [-0.25, -0.2) is 4.98 Å². The first-order valence-corrected chi connectivity index (χ1v) is 6.91. The van der Waals surface area contributed by atoms with Crippen LogP contribution < -0.4 is 10.6 Å². The van der Waals surface area contributed by atoms with E-state index in [4.69, 9.17) is 0 Å². The highest BCUT2D eigenvalue weighted by Gasteiger charge is 2.07. The number of rotatable bonds is 4. The van der Waals surface area contributed by atoms with Crippen molar-refractivity contribution in [2.75, 3.05) is 10.6 Å². The van der Waals surface area contributed by atoms with Crippen molar-refractivity contribution in [2.45, 2.75) is 40.7 Å². The molecule has 0 bridgehead atoms. The molecule has 0 unspecified atom stereocenters. The van der Waals surface area contributed by atoms with Gasteiger partial charge >= 0.3 is 0 Å². The molecule has 0 aliphatic carbocycles. The van der Waals surface area contributed by atoms with Crippen LogP contribution >= 0.6 is 0 Å². The van der Waals surface area contributed by atoms with E-state index >= 15 is 0 Å². The summed E-state index contributed by atoms with van der Waals surface area (Å²) in [7, 11) is 0. The number of benzene rings is 1. The van der Waals surface area contributed by atoms with Crippen LogP contribution in [0.25, 0.3) is 0 Å². The minimum absolute atomic E-state index is 0.310. The van der Waals surface area contributed by atoms with Gasteiger partial charge in [0.2, 0.25) is 5.95 Å².